The molecule has 0 saturated carbocycles. The summed E-state index contributed by atoms with van der Waals surface area (Å²) in [6, 6.07) is 19.0. The van der Waals surface area contributed by atoms with E-state index >= 15 is 0 Å². The van der Waals surface area contributed by atoms with Gasteiger partial charge in [0.25, 0.3) is 15.9 Å². The van der Waals surface area contributed by atoms with Crippen LogP contribution in [0.1, 0.15) is 26.3 Å². The fourth-order valence-corrected chi connectivity index (χ4v) is 3.83. The van der Waals surface area contributed by atoms with Crippen LogP contribution in [-0.4, -0.2) is 27.4 Å². The maximum absolute atomic E-state index is 12.6. The summed E-state index contributed by atoms with van der Waals surface area (Å²) in [5.41, 5.74) is 2.16. The minimum absolute atomic E-state index is 0.143. The van der Waals surface area contributed by atoms with Crippen molar-refractivity contribution in [3.63, 3.8) is 0 Å². The first kappa shape index (κ1) is 21.1. The summed E-state index contributed by atoms with van der Waals surface area (Å²) in [7, 11) is -2.47. The first-order valence-electron chi connectivity index (χ1n) is 8.98. The average Bonchev–Trinajstić information content (AvgIpc) is 2.76. The molecule has 3 rings (SSSR count). The van der Waals surface area contributed by atoms with E-state index in [1.165, 1.54) is 43.5 Å². The third-order valence-corrected chi connectivity index (χ3v) is 5.74. The molecular weight excluding hydrogens is 404 g/mol. The molecule has 0 unspecified atom stereocenters. The second-order valence-electron chi connectivity index (χ2n) is 6.47. The molecule has 0 saturated heterocycles. The molecule has 0 aromatic heterocycles. The van der Waals surface area contributed by atoms with E-state index in [1.807, 2.05) is 0 Å². The Morgan fingerprint density at radius 2 is 1.50 bits per heavy atom. The number of anilines is 2. The number of amides is 1. The van der Waals surface area contributed by atoms with Gasteiger partial charge in [-0.25, -0.2) is 13.2 Å². The van der Waals surface area contributed by atoms with Crippen molar-refractivity contribution in [2.75, 3.05) is 17.1 Å². The maximum atomic E-state index is 12.6. The normalized spacial score (nSPS) is 10.9. The monoisotopic (exact) mass is 424 g/mol. The number of benzene rings is 3. The van der Waals surface area contributed by atoms with Crippen LogP contribution in [0, 0.1) is 6.92 Å². The number of ether oxygens (including phenoxy) is 1. The molecule has 7 nitrogen and oxygen atoms in total. The molecule has 0 radical (unpaired) electrons. The van der Waals surface area contributed by atoms with Crippen molar-refractivity contribution in [3.8, 4) is 0 Å². The van der Waals surface area contributed by atoms with Crippen LogP contribution in [0.25, 0.3) is 0 Å². The summed E-state index contributed by atoms with van der Waals surface area (Å²) in [5, 5.41) is 2.72. The highest BCUT2D eigenvalue weighted by Gasteiger charge is 2.16. The van der Waals surface area contributed by atoms with E-state index in [1.54, 1.807) is 43.3 Å². The lowest BCUT2D eigenvalue weighted by Gasteiger charge is -2.13. The Hall–Kier alpha value is -3.65. The Morgan fingerprint density at radius 1 is 0.867 bits per heavy atom. The number of methoxy groups -OCH3 is 1. The molecule has 3 aromatic carbocycles. The molecule has 0 spiro atoms. The van der Waals surface area contributed by atoms with Gasteiger partial charge < -0.3 is 10.1 Å². The molecule has 0 fully saturated rings. The van der Waals surface area contributed by atoms with E-state index < -0.39 is 21.9 Å². The highest BCUT2D eigenvalue weighted by Crippen LogP contribution is 2.24. The SMILES string of the molecule is COC(=O)c1ccc(C(=O)Nc2ccc(C)c(NS(=O)(=O)c3ccccc3)c2)cc1. The Balaban J connectivity index is 1.78. The smallest absolute Gasteiger partial charge is 0.337 e. The molecule has 1 amide bonds. The van der Waals surface area contributed by atoms with Gasteiger partial charge in [0, 0.05) is 11.3 Å². The lowest BCUT2D eigenvalue weighted by molar-refractivity contribution is 0.0600. The van der Waals surface area contributed by atoms with E-state index in [2.05, 4.69) is 14.8 Å². The molecule has 0 bridgehead atoms. The predicted octanol–water partition coefficient (Wildman–Crippen LogP) is 3.83. The number of hydrogen-bond acceptors (Lipinski definition) is 5. The minimum atomic E-state index is -3.76. The number of rotatable bonds is 6. The third kappa shape index (κ3) is 4.84. The van der Waals surface area contributed by atoms with Crippen molar-refractivity contribution in [3.05, 3.63) is 89.5 Å². The Bertz CT molecular complexity index is 1170. The zero-order valence-electron chi connectivity index (χ0n) is 16.4. The first-order chi connectivity index (χ1) is 14.3. The second-order valence-corrected chi connectivity index (χ2v) is 8.15. The van der Waals surface area contributed by atoms with Gasteiger partial charge in [-0.3, -0.25) is 9.52 Å². The zero-order chi connectivity index (χ0) is 21.7. The van der Waals surface area contributed by atoms with Gasteiger partial charge in [-0.2, -0.15) is 0 Å². The van der Waals surface area contributed by atoms with E-state index in [0.717, 1.165) is 0 Å². The van der Waals surface area contributed by atoms with Crippen LogP contribution in [0.5, 0.6) is 0 Å². The van der Waals surface area contributed by atoms with Gasteiger partial charge >= 0.3 is 5.97 Å². The maximum Gasteiger partial charge on any atom is 0.337 e. The molecule has 0 atom stereocenters. The van der Waals surface area contributed by atoms with Gasteiger partial charge in [-0.05, 0) is 61.0 Å². The third-order valence-electron chi connectivity index (χ3n) is 4.36. The molecule has 30 heavy (non-hydrogen) atoms. The quantitative estimate of drug-likeness (QED) is 0.586. The second kappa shape index (κ2) is 8.79. The van der Waals surface area contributed by atoms with Gasteiger partial charge in [-0.1, -0.05) is 24.3 Å². The van der Waals surface area contributed by atoms with Crippen LogP contribution in [0.3, 0.4) is 0 Å². The van der Waals surface area contributed by atoms with Crippen LogP contribution in [0.15, 0.2) is 77.7 Å². The fourth-order valence-electron chi connectivity index (χ4n) is 2.69. The molecular formula is C22H20N2O5S. The summed E-state index contributed by atoms with van der Waals surface area (Å²) in [5.74, 6) is -0.886. The van der Waals surface area contributed by atoms with E-state index in [-0.39, 0.29) is 4.90 Å². The van der Waals surface area contributed by atoms with Gasteiger partial charge in [0.05, 0.1) is 23.3 Å². The molecule has 0 aliphatic carbocycles. The molecule has 0 heterocycles. The van der Waals surface area contributed by atoms with Crippen molar-refractivity contribution >= 4 is 33.3 Å². The minimum Gasteiger partial charge on any atom is -0.465 e. The Labute approximate surface area is 174 Å². The highest BCUT2D eigenvalue weighted by atomic mass is 32.2. The molecule has 154 valence electrons. The van der Waals surface area contributed by atoms with Crippen molar-refractivity contribution < 1.29 is 22.7 Å². The van der Waals surface area contributed by atoms with Gasteiger partial charge in [0.2, 0.25) is 0 Å². The summed E-state index contributed by atoms with van der Waals surface area (Å²) in [6.45, 7) is 1.76. The van der Waals surface area contributed by atoms with Crippen LogP contribution >= 0.6 is 0 Å². The van der Waals surface area contributed by atoms with Crippen LogP contribution in [-0.2, 0) is 14.8 Å². The first-order valence-corrected chi connectivity index (χ1v) is 10.5. The zero-order valence-corrected chi connectivity index (χ0v) is 17.2. The van der Waals surface area contributed by atoms with Gasteiger partial charge in [-0.15, -0.1) is 0 Å². The van der Waals surface area contributed by atoms with Gasteiger partial charge in [0.15, 0.2) is 0 Å². The highest BCUT2D eigenvalue weighted by molar-refractivity contribution is 7.92. The fraction of sp³-hybridized carbons (Fsp3) is 0.0909. The molecule has 3 aromatic rings. The van der Waals surface area contributed by atoms with E-state index in [9.17, 15) is 18.0 Å². The lowest BCUT2D eigenvalue weighted by atomic mass is 10.1. The average molecular weight is 424 g/mol. The Kier molecular flexibility index (Phi) is 6.17. The number of hydrogen-bond donors (Lipinski definition) is 2. The standard InChI is InChI=1S/C22H20N2O5S/c1-15-8-13-18(14-20(15)24-30(27,28)19-6-4-3-5-7-19)23-21(25)16-9-11-17(12-10-16)22(26)29-2/h3-14,24H,1-2H3,(H,23,25). The summed E-state index contributed by atoms with van der Waals surface area (Å²) in [4.78, 5) is 24.1. The number of esters is 1. The van der Waals surface area contributed by atoms with Crippen molar-refractivity contribution in [2.45, 2.75) is 11.8 Å². The number of carbonyl (C=O) groups excluding carboxylic acids is 2. The van der Waals surface area contributed by atoms with Crippen molar-refractivity contribution in [1.82, 2.24) is 0 Å². The number of nitrogens with one attached hydrogen (secondary N) is 2. The molecule has 2 N–H and O–H groups in total. The topological polar surface area (TPSA) is 102 Å². The van der Waals surface area contributed by atoms with E-state index in [4.69, 9.17) is 0 Å². The van der Waals surface area contributed by atoms with Crippen molar-refractivity contribution in [1.29, 1.82) is 0 Å². The van der Waals surface area contributed by atoms with Crippen LogP contribution in [0.2, 0.25) is 0 Å². The van der Waals surface area contributed by atoms with E-state index in [0.29, 0.717) is 28.1 Å². The predicted molar refractivity (Wildman–Crippen MR) is 114 cm³/mol. The number of carbonyl (C=O) groups is 2. The largest absolute Gasteiger partial charge is 0.465 e. The van der Waals surface area contributed by atoms with Crippen LogP contribution < -0.4 is 10.0 Å². The summed E-state index contributed by atoms with van der Waals surface area (Å²) < 4.78 is 32.4. The van der Waals surface area contributed by atoms with Crippen molar-refractivity contribution in [2.24, 2.45) is 0 Å². The number of sulfonamides is 1. The molecule has 0 aliphatic heterocycles. The lowest BCUT2D eigenvalue weighted by Crippen LogP contribution is -2.15. The van der Waals surface area contributed by atoms with Gasteiger partial charge in [0.1, 0.15) is 0 Å². The number of aryl methyl sites for hydroxylation is 1. The summed E-state index contributed by atoms with van der Waals surface area (Å²) >= 11 is 0. The van der Waals surface area contributed by atoms with Crippen LogP contribution in [0.4, 0.5) is 11.4 Å². The Morgan fingerprint density at radius 3 is 2.13 bits per heavy atom. The molecule has 0 aliphatic rings. The molecule has 8 heteroatoms. The summed E-state index contributed by atoms with van der Waals surface area (Å²) in [6.07, 6.45) is 0.